The van der Waals surface area contributed by atoms with Crippen molar-refractivity contribution >= 4 is 44.9 Å². The fraction of sp³-hybridized carbons (Fsp3) is 0.0769. The highest BCUT2D eigenvalue weighted by molar-refractivity contribution is 7.98. The smallest absolute Gasteiger partial charge is 0.269 e. The SMILES string of the molecule is O=c1[nH]c(SCc2c(F)cccc2Cl)nc2ccsc12. The molecule has 20 heavy (non-hydrogen) atoms. The van der Waals surface area contributed by atoms with Crippen LogP contribution in [0.1, 0.15) is 5.56 Å². The molecule has 102 valence electrons. The normalized spacial score (nSPS) is 11.1. The molecule has 0 atom stereocenters. The van der Waals surface area contributed by atoms with Crippen molar-refractivity contribution in [3.63, 3.8) is 0 Å². The van der Waals surface area contributed by atoms with Crippen LogP contribution in [0.25, 0.3) is 10.2 Å². The highest BCUT2D eigenvalue weighted by atomic mass is 35.5. The van der Waals surface area contributed by atoms with Crippen LogP contribution in [0, 0.1) is 5.82 Å². The lowest BCUT2D eigenvalue weighted by atomic mass is 10.2. The molecule has 2 aromatic heterocycles. The average molecular weight is 327 g/mol. The zero-order valence-corrected chi connectivity index (χ0v) is 12.4. The number of thiophene rings is 1. The number of benzene rings is 1. The molecule has 0 amide bonds. The number of H-pyrrole nitrogens is 1. The molecule has 3 rings (SSSR count). The predicted molar refractivity (Wildman–Crippen MR) is 81.2 cm³/mol. The third-order valence-electron chi connectivity index (χ3n) is 2.71. The van der Waals surface area contributed by atoms with Gasteiger partial charge in [0.25, 0.3) is 5.56 Å². The van der Waals surface area contributed by atoms with Crippen LogP contribution in [0.2, 0.25) is 5.02 Å². The van der Waals surface area contributed by atoms with Crippen molar-refractivity contribution < 1.29 is 4.39 Å². The van der Waals surface area contributed by atoms with E-state index >= 15 is 0 Å². The van der Waals surface area contributed by atoms with Crippen LogP contribution < -0.4 is 5.56 Å². The van der Waals surface area contributed by atoms with E-state index in [4.69, 9.17) is 11.6 Å². The maximum atomic E-state index is 13.6. The van der Waals surface area contributed by atoms with Gasteiger partial charge < -0.3 is 4.98 Å². The van der Waals surface area contributed by atoms with Crippen LogP contribution in [-0.4, -0.2) is 9.97 Å². The molecule has 7 heteroatoms. The largest absolute Gasteiger partial charge is 0.300 e. The Hall–Kier alpha value is -1.37. The molecule has 0 radical (unpaired) electrons. The van der Waals surface area contributed by atoms with Crippen molar-refractivity contribution in [2.45, 2.75) is 10.9 Å². The molecule has 0 aliphatic carbocycles. The Morgan fingerprint density at radius 3 is 3.05 bits per heavy atom. The van der Waals surface area contributed by atoms with Crippen molar-refractivity contribution in [3.8, 4) is 0 Å². The minimum Gasteiger partial charge on any atom is -0.300 e. The van der Waals surface area contributed by atoms with Gasteiger partial charge in [0.15, 0.2) is 5.16 Å². The quantitative estimate of drug-likeness (QED) is 0.583. The Labute approximate surface area is 126 Å². The van der Waals surface area contributed by atoms with Gasteiger partial charge in [-0.2, -0.15) is 0 Å². The highest BCUT2D eigenvalue weighted by Crippen LogP contribution is 2.27. The van der Waals surface area contributed by atoms with Crippen LogP contribution in [0.3, 0.4) is 0 Å². The molecular weight excluding hydrogens is 319 g/mol. The second-order valence-electron chi connectivity index (χ2n) is 3.99. The van der Waals surface area contributed by atoms with Gasteiger partial charge in [-0.25, -0.2) is 9.37 Å². The molecule has 0 spiro atoms. The summed E-state index contributed by atoms with van der Waals surface area (Å²) < 4.78 is 14.2. The van der Waals surface area contributed by atoms with Crippen LogP contribution in [0.15, 0.2) is 39.6 Å². The molecule has 1 aromatic carbocycles. The molecule has 0 bridgehead atoms. The fourth-order valence-corrected chi connectivity index (χ4v) is 3.67. The van der Waals surface area contributed by atoms with Gasteiger partial charge in [-0.1, -0.05) is 29.4 Å². The van der Waals surface area contributed by atoms with Crippen molar-refractivity contribution in [2.75, 3.05) is 0 Å². The summed E-state index contributed by atoms with van der Waals surface area (Å²) in [5.41, 5.74) is 0.889. The van der Waals surface area contributed by atoms with Crippen LogP contribution in [0.5, 0.6) is 0 Å². The van der Waals surface area contributed by atoms with E-state index in [9.17, 15) is 9.18 Å². The lowest BCUT2D eigenvalue weighted by Gasteiger charge is -2.05. The summed E-state index contributed by atoms with van der Waals surface area (Å²) in [5.74, 6) is -0.0478. The lowest BCUT2D eigenvalue weighted by Crippen LogP contribution is -2.07. The Kier molecular flexibility index (Phi) is 3.78. The number of rotatable bonds is 3. The number of nitrogens with zero attached hydrogens (tertiary/aromatic N) is 1. The molecule has 2 heterocycles. The number of hydrogen-bond donors (Lipinski definition) is 1. The van der Waals surface area contributed by atoms with Gasteiger partial charge in [0.1, 0.15) is 10.5 Å². The van der Waals surface area contributed by atoms with Crippen molar-refractivity contribution in [2.24, 2.45) is 0 Å². The molecule has 0 aliphatic heterocycles. The molecule has 0 unspecified atom stereocenters. The van der Waals surface area contributed by atoms with Gasteiger partial charge in [0.05, 0.1) is 5.52 Å². The second kappa shape index (κ2) is 5.55. The first-order valence-corrected chi connectivity index (χ1v) is 7.92. The number of fused-ring (bicyclic) bond motifs is 1. The van der Waals surface area contributed by atoms with Crippen LogP contribution >= 0.6 is 34.7 Å². The Balaban J connectivity index is 1.88. The first-order valence-electron chi connectivity index (χ1n) is 5.68. The van der Waals surface area contributed by atoms with E-state index in [1.54, 1.807) is 18.2 Å². The minimum absolute atomic E-state index is 0.174. The van der Waals surface area contributed by atoms with E-state index in [1.807, 2.05) is 5.38 Å². The van der Waals surface area contributed by atoms with Gasteiger partial charge >= 0.3 is 0 Å². The molecular formula is C13H8ClFN2OS2. The predicted octanol–water partition coefficient (Wildman–Crippen LogP) is 4.07. The first-order chi connectivity index (χ1) is 9.65. The summed E-state index contributed by atoms with van der Waals surface area (Å²) in [6.45, 7) is 0. The zero-order valence-electron chi connectivity index (χ0n) is 10.0. The van der Waals surface area contributed by atoms with Crippen molar-refractivity contribution in [1.82, 2.24) is 9.97 Å². The third-order valence-corrected chi connectivity index (χ3v) is 4.86. The molecule has 1 N–H and O–H groups in total. The summed E-state index contributed by atoms with van der Waals surface area (Å²) >= 11 is 8.55. The third kappa shape index (κ3) is 2.59. The molecule has 0 fully saturated rings. The maximum Gasteiger partial charge on any atom is 0.269 e. The summed E-state index contributed by atoms with van der Waals surface area (Å²) in [6.07, 6.45) is 0. The molecule has 0 saturated heterocycles. The van der Waals surface area contributed by atoms with Gasteiger partial charge in [-0.05, 0) is 23.6 Å². The number of halogens is 2. The van der Waals surface area contributed by atoms with Crippen LogP contribution in [-0.2, 0) is 5.75 Å². The van der Waals surface area contributed by atoms with E-state index in [-0.39, 0.29) is 11.4 Å². The van der Waals surface area contributed by atoms with E-state index in [0.29, 0.717) is 31.7 Å². The van der Waals surface area contributed by atoms with E-state index in [1.165, 1.54) is 29.2 Å². The first kappa shape index (κ1) is 13.6. The van der Waals surface area contributed by atoms with E-state index in [2.05, 4.69) is 9.97 Å². The highest BCUT2D eigenvalue weighted by Gasteiger charge is 2.10. The molecule has 3 aromatic rings. The Morgan fingerprint density at radius 2 is 2.25 bits per heavy atom. The number of nitrogens with one attached hydrogen (secondary N) is 1. The van der Waals surface area contributed by atoms with E-state index < -0.39 is 0 Å². The topological polar surface area (TPSA) is 45.8 Å². The summed E-state index contributed by atoms with van der Waals surface area (Å²) in [5, 5.41) is 2.64. The van der Waals surface area contributed by atoms with Gasteiger partial charge in [0, 0.05) is 16.3 Å². The van der Waals surface area contributed by atoms with Crippen LogP contribution in [0.4, 0.5) is 4.39 Å². The molecule has 3 nitrogen and oxygen atoms in total. The van der Waals surface area contributed by atoms with E-state index in [0.717, 1.165) is 0 Å². The van der Waals surface area contributed by atoms with Gasteiger partial charge in [0.2, 0.25) is 0 Å². The fourth-order valence-electron chi connectivity index (χ4n) is 1.73. The second-order valence-corrected chi connectivity index (χ2v) is 6.28. The monoisotopic (exact) mass is 326 g/mol. The Morgan fingerprint density at radius 1 is 1.40 bits per heavy atom. The number of thioether (sulfide) groups is 1. The summed E-state index contributed by atoms with van der Waals surface area (Å²) in [6, 6.07) is 6.34. The zero-order chi connectivity index (χ0) is 14.1. The molecule has 0 aliphatic rings. The lowest BCUT2D eigenvalue weighted by molar-refractivity contribution is 0.617. The van der Waals surface area contributed by atoms with Gasteiger partial charge in [-0.3, -0.25) is 4.79 Å². The Bertz CT molecular complexity index is 810. The summed E-state index contributed by atoms with van der Waals surface area (Å²) in [4.78, 5) is 18.8. The molecule has 0 saturated carbocycles. The standard InChI is InChI=1S/C13H8ClFN2OS2/c14-8-2-1-3-9(15)7(8)6-20-13-16-10-4-5-19-11(10)12(18)17-13/h1-5H,6H2,(H,16,17,18). The van der Waals surface area contributed by atoms with Gasteiger partial charge in [-0.15, -0.1) is 11.3 Å². The minimum atomic E-state index is -0.357. The van der Waals surface area contributed by atoms with Crippen molar-refractivity contribution in [1.29, 1.82) is 0 Å². The number of hydrogen-bond acceptors (Lipinski definition) is 4. The number of aromatic nitrogens is 2. The van der Waals surface area contributed by atoms with Crippen molar-refractivity contribution in [3.05, 3.63) is 56.4 Å². The number of aromatic amines is 1. The average Bonchev–Trinajstić information content (AvgIpc) is 2.87. The summed E-state index contributed by atoms with van der Waals surface area (Å²) in [7, 11) is 0. The maximum absolute atomic E-state index is 13.6.